The fourth-order valence-electron chi connectivity index (χ4n) is 4.20. The molecule has 0 spiro atoms. The molecular weight excluding hydrogens is 320 g/mol. The molecule has 3 atom stereocenters. The number of anilines is 1. The molecule has 3 aliphatic heterocycles. The van der Waals surface area contributed by atoms with Gasteiger partial charge in [0.1, 0.15) is 5.82 Å². The van der Waals surface area contributed by atoms with Crippen LogP contribution in [0.1, 0.15) is 43.9 Å². The van der Waals surface area contributed by atoms with E-state index < -0.39 is 0 Å². The van der Waals surface area contributed by atoms with Gasteiger partial charge >= 0.3 is 0 Å². The highest BCUT2D eigenvalue weighted by molar-refractivity contribution is 5.56. The van der Waals surface area contributed by atoms with Gasteiger partial charge < -0.3 is 19.3 Å². The predicted molar refractivity (Wildman–Crippen MR) is 90.2 cm³/mol. The molecule has 3 fully saturated rings. The standard InChI is InChI=1S/C18H22N4O3/c23-12-5-7-22(8-6-12)16-4-1-11(10-19-16)17-20-18(25-21-17)14-9-13-2-3-15(14)24-13/h1,4,10,12-15,23H,2-3,5-9H2. The molecule has 3 aliphatic rings. The number of piperidine rings is 1. The first-order valence-electron chi connectivity index (χ1n) is 9.15. The van der Waals surface area contributed by atoms with Crippen LogP contribution in [0, 0.1) is 0 Å². The number of nitrogens with zero attached hydrogens (tertiary/aromatic N) is 4. The molecule has 0 radical (unpaired) electrons. The number of hydrogen-bond donors (Lipinski definition) is 1. The minimum absolute atomic E-state index is 0.178. The third kappa shape index (κ3) is 2.81. The molecule has 2 bridgehead atoms. The third-order valence-electron chi connectivity index (χ3n) is 5.66. The first-order valence-corrected chi connectivity index (χ1v) is 9.15. The average molecular weight is 342 g/mol. The molecular formula is C18H22N4O3. The Labute approximate surface area is 146 Å². The van der Waals surface area contributed by atoms with E-state index in [1.165, 1.54) is 0 Å². The number of aliphatic hydroxyl groups is 1. The Balaban J connectivity index is 1.31. The molecule has 7 heteroatoms. The number of rotatable bonds is 3. The highest BCUT2D eigenvalue weighted by Gasteiger charge is 2.44. The Bertz CT molecular complexity index is 739. The van der Waals surface area contributed by atoms with Crippen molar-refractivity contribution < 1.29 is 14.4 Å². The maximum absolute atomic E-state index is 9.62. The summed E-state index contributed by atoms with van der Waals surface area (Å²) in [5.74, 6) is 2.45. The van der Waals surface area contributed by atoms with Crippen molar-refractivity contribution in [1.82, 2.24) is 15.1 Å². The van der Waals surface area contributed by atoms with Gasteiger partial charge in [0.15, 0.2) is 0 Å². The van der Waals surface area contributed by atoms with E-state index in [0.717, 1.165) is 56.6 Å². The van der Waals surface area contributed by atoms with Gasteiger partial charge in [-0.15, -0.1) is 0 Å². The SMILES string of the molecule is OC1CCN(c2ccc(-c3noc(C4CC5CCC4O5)n3)cn2)CC1. The zero-order chi connectivity index (χ0) is 16.8. The van der Waals surface area contributed by atoms with Crippen LogP contribution in [0.15, 0.2) is 22.9 Å². The van der Waals surface area contributed by atoms with Gasteiger partial charge in [0.05, 0.1) is 24.2 Å². The summed E-state index contributed by atoms with van der Waals surface area (Å²) in [6, 6.07) is 3.98. The maximum atomic E-state index is 9.62. The lowest BCUT2D eigenvalue weighted by Gasteiger charge is -2.30. The number of pyridine rings is 1. The number of ether oxygens (including phenoxy) is 1. The van der Waals surface area contributed by atoms with Crippen molar-refractivity contribution in [2.75, 3.05) is 18.0 Å². The second kappa shape index (κ2) is 6.07. The Morgan fingerprint density at radius 2 is 2.00 bits per heavy atom. The fraction of sp³-hybridized carbons (Fsp3) is 0.611. The van der Waals surface area contributed by atoms with E-state index in [1.54, 1.807) is 6.20 Å². The summed E-state index contributed by atoms with van der Waals surface area (Å²) in [4.78, 5) is 11.3. The molecule has 2 aromatic heterocycles. The molecule has 3 saturated heterocycles. The van der Waals surface area contributed by atoms with E-state index in [0.29, 0.717) is 17.8 Å². The molecule has 5 heterocycles. The Morgan fingerprint density at radius 1 is 1.12 bits per heavy atom. The zero-order valence-electron chi connectivity index (χ0n) is 14.0. The van der Waals surface area contributed by atoms with Gasteiger partial charge in [0.2, 0.25) is 11.7 Å². The maximum Gasteiger partial charge on any atom is 0.232 e. The van der Waals surface area contributed by atoms with Gasteiger partial charge in [-0.2, -0.15) is 4.98 Å². The quantitative estimate of drug-likeness (QED) is 0.914. The number of aliphatic hydroxyl groups excluding tert-OH is 1. The fourth-order valence-corrected chi connectivity index (χ4v) is 4.20. The lowest BCUT2D eigenvalue weighted by Crippen LogP contribution is -2.36. The number of hydrogen-bond acceptors (Lipinski definition) is 7. The summed E-state index contributed by atoms with van der Waals surface area (Å²) in [5.41, 5.74) is 0.861. The van der Waals surface area contributed by atoms with Gasteiger partial charge in [0, 0.05) is 24.8 Å². The zero-order valence-corrected chi connectivity index (χ0v) is 14.0. The van der Waals surface area contributed by atoms with E-state index in [4.69, 9.17) is 9.26 Å². The van der Waals surface area contributed by atoms with Crippen LogP contribution < -0.4 is 4.90 Å². The van der Waals surface area contributed by atoms with Gasteiger partial charge in [-0.1, -0.05) is 5.16 Å². The van der Waals surface area contributed by atoms with Gasteiger partial charge in [-0.3, -0.25) is 0 Å². The minimum Gasteiger partial charge on any atom is -0.393 e. The molecule has 0 amide bonds. The first kappa shape index (κ1) is 15.3. The Kier molecular flexibility index (Phi) is 3.71. The van der Waals surface area contributed by atoms with E-state index in [1.807, 2.05) is 12.1 Å². The summed E-state index contributed by atoms with van der Waals surface area (Å²) in [7, 11) is 0. The van der Waals surface area contributed by atoms with Crippen LogP contribution in [-0.2, 0) is 4.74 Å². The summed E-state index contributed by atoms with van der Waals surface area (Å²) in [6.45, 7) is 1.67. The Hall–Kier alpha value is -1.99. The van der Waals surface area contributed by atoms with E-state index in [2.05, 4.69) is 20.0 Å². The lowest BCUT2D eigenvalue weighted by molar-refractivity contribution is 0.0974. The molecule has 0 aliphatic carbocycles. The molecule has 0 aromatic carbocycles. The second-order valence-corrected chi connectivity index (χ2v) is 7.30. The van der Waals surface area contributed by atoms with Crippen LogP contribution in [-0.4, -0.2) is 51.6 Å². The number of fused-ring (bicyclic) bond motifs is 2. The van der Waals surface area contributed by atoms with Crippen molar-refractivity contribution in [3.63, 3.8) is 0 Å². The summed E-state index contributed by atoms with van der Waals surface area (Å²) in [5, 5.41) is 13.8. The van der Waals surface area contributed by atoms with Crippen LogP contribution in [0.25, 0.3) is 11.4 Å². The topological polar surface area (TPSA) is 84.5 Å². The van der Waals surface area contributed by atoms with E-state index in [-0.39, 0.29) is 18.1 Å². The highest BCUT2D eigenvalue weighted by atomic mass is 16.5. The third-order valence-corrected chi connectivity index (χ3v) is 5.66. The molecule has 7 nitrogen and oxygen atoms in total. The first-order chi connectivity index (χ1) is 12.3. The molecule has 5 rings (SSSR count). The van der Waals surface area contributed by atoms with Crippen LogP contribution in [0.3, 0.4) is 0 Å². The van der Waals surface area contributed by atoms with Crippen molar-refractivity contribution >= 4 is 5.82 Å². The summed E-state index contributed by atoms with van der Waals surface area (Å²) < 4.78 is 11.4. The average Bonchev–Trinajstić information content (AvgIpc) is 3.39. The predicted octanol–water partition coefficient (Wildman–Crippen LogP) is 2.13. The monoisotopic (exact) mass is 342 g/mol. The normalized spacial score (nSPS) is 29.5. The van der Waals surface area contributed by atoms with Crippen molar-refractivity contribution in [2.45, 2.75) is 56.3 Å². The van der Waals surface area contributed by atoms with Crippen molar-refractivity contribution in [3.8, 4) is 11.4 Å². The lowest BCUT2D eigenvalue weighted by atomic mass is 9.89. The smallest absolute Gasteiger partial charge is 0.232 e. The van der Waals surface area contributed by atoms with Crippen LogP contribution in [0.5, 0.6) is 0 Å². The molecule has 3 unspecified atom stereocenters. The van der Waals surface area contributed by atoms with E-state index >= 15 is 0 Å². The largest absolute Gasteiger partial charge is 0.393 e. The minimum atomic E-state index is -0.178. The highest BCUT2D eigenvalue weighted by Crippen LogP contribution is 2.44. The van der Waals surface area contributed by atoms with Crippen molar-refractivity contribution in [2.24, 2.45) is 0 Å². The van der Waals surface area contributed by atoms with Crippen LogP contribution in [0.2, 0.25) is 0 Å². The number of aromatic nitrogens is 3. The van der Waals surface area contributed by atoms with Gasteiger partial charge in [0.25, 0.3) is 0 Å². The molecule has 1 N–H and O–H groups in total. The van der Waals surface area contributed by atoms with Crippen LogP contribution in [0.4, 0.5) is 5.82 Å². The Morgan fingerprint density at radius 3 is 2.68 bits per heavy atom. The second-order valence-electron chi connectivity index (χ2n) is 7.30. The molecule has 25 heavy (non-hydrogen) atoms. The van der Waals surface area contributed by atoms with Crippen molar-refractivity contribution in [3.05, 3.63) is 24.2 Å². The molecule has 132 valence electrons. The van der Waals surface area contributed by atoms with Gasteiger partial charge in [-0.25, -0.2) is 4.98 Å². The van der Waals surface area contributed by atoms with E-state index in [9.17, 15) is 5.11 Å². The molecule has 0 saturated carbocycles. The van der Waals surface area contributed by atoms with Crippen molar-refractivity contribution in [1.29, 1.82) is 0 Å². The van der Waals surface area contributed by atoms with Gasteiger partial charge in [-0.05, 0) is 44.2 Å². The van der Waals surface area contributed by atoms with Crippen LogP contribution >= 0.6 is 0 Å². The molecule has 2 aromatic rings. The summed E-state index contributed by atoms with van der Waals surface area (Å²) >= 11 is 0. The summed E-state index contributed by atoms with van der Waals surface area (Å²) in [6.07, 6.45) is 7.06.